The van der Waals surface area contributed by atoms with Crippen molar-refractivity contribution in [3.8, 4) is 0 Å². The minimum Gasteiger partial charge on any atom is -0.462 e. The van der Waals surface area contributed by atoms with Gasteiger partial charge in [-0.15, -0.1) is 0 Å². The van der Waals surface area contributed by atoms with Crippen LogP contribution in [0.25, 0.3) is 0 Å². The summed E-state index contributed by atoms with van der Waals surface area (Å²) in [7, 11) is -2.39. The maximum Gasteiger partial charge on any atom is 0.341 e. The van der Waals surface area contributed by atoms with E-state index < -0.39 is 33.6 Å². The first-order valence-corrected chi connectivity index (χ1v) is 11.9. The highest BCUT2D eigenvalue weighted by Crippen LogP contribution is 2.32. The topological polar surface area (TPSA) is 97.7 Å². The highest BCUT2D eigenvalue weighted by Gasteiger charge is 2.39. The van der Waals surface area contributed by atoms with Crippen molar-refractivity contribution in [2.75, 3.05) is 25.0 Å². The molecule has 0 saturated carbocycles. The van der Waals surface area contributed by atoms with Crippen LogP contribution in [0.15, 0.2) is 29.2 Å². The molecule has 2 aromatic rings. The van der Waals surface area contributed by atoms with Gasteiger partial charge in [0.2, 0.25) is 15.9 Å². The van der Waals surface area contributed by atoms with Gasteiger partial charge in [0.05, 0.1) is 18.2 Å². The lowest BCUT2D eigenvalue weighted by Gasteiger charge is -2.31. The number of carbonyl (C=O) groups excluding carboxylic acids is 2. The summed E-state index contributed by atoms with van der Waals surface area (Å²) in [5.41, 5.74) is 0.982. The lowest BCUT2D eigenvalue weighted by Crippen LogP contribution is -2.44. The molecule has 8 nitrogen and oxygen atoms in total. The van der Waals surface area contributed by atoms with Crippen molar-refractivity contribution in [1.82, 2.24) is 8.87 Å². The molecular formula is C22H28FN3O5S. The van der Waals surface area contributed by atoms with Crippen LogP contribution in [0.3, 0.4) is 0 Å². The van der Waals surface area contributed by atoms with Gasteiger partial charge in [-0.1, -0.05) is 12.1 Å². The Morgan fingerprint density at radius 1 is 1.22 bits per heavy atom. The van der Waals surface area contributed by atoms with Gasteiger partial charge in [0.25, 0.3) is 0 Å². The third kappa shape index (κ3) is 4.42. The van der Waals surface area contributed by atoms with E-state index >= 15 is 0 Å². The number of aromatic nitrogens is 1. The van der Waals surface area contributed by atoms with Crippen molar-refractivity contribution < 1.29 is 27.1 Å². The van der Waals surface area contributed by atoms with Crippen LogP contribution in [0.1, 0.15) is 41.5 Å². The molecule has 1 aliphatic heterocycles. The third-order valence-electron chi connectivity index (χ3n) is 5.89. The molecule has 1 N–H and O–H groups in total. The number of halogens is 1. The SMILES string of the molecule is CCOC(=O)c1c(S(=O)(=O)N2CCC[C@H](C(=O)Nc3ccccc3F)C2)c(C)n(C)c1C. The summed E-state index contributed by atoms with van der Waals surface area (Å²) in [5.74, 6) is -2.34. The number of amides is 1. The van der Waals surface area contributed by atoms with Gasteiger partial charge in [-0.25, -0.2) is 17.6 Å². The summed E-state index contributed by atoms with van der Waals surface area (Å²) in [6.07, 6.45) is 0.942. The number of hydrogen-bond donors (Lipinski definition) is 1. The minimum atomic E-state index is -4.08. The standard InChI is InChI=1S/C22H28FN3O5S/c1-5-31-22(28)19-14(2)25(4)15(3)20(19)32(29,30)26-12-8-9-16(13-26)21(27)24-18-11-7-6-10-17(18)23/h6-7,10-11,16H,5,8-9,12-13H2,1-4H3,(H,24,27)/t16-/m0/s1. The molecule has 32 heavy (non-hydrogen) atoms. The van der Waals surface area contributed by atoms with Crippen molar-refractivity contribution in [2.24, 2.45) is 13.0 Å². The molecule has 0 unspecified atom stereocenters. The smallest absolute Gasteiger partial charge is 0.341 e. The molecule has 174 valence electrons. The van der Waals surface area contributed by atoms with Gasteiger partial charge in [-0.05, 0) is 45.7 Å². The zero-order valence-electron chi connectivity index (χ0n) is 18.6. The molecule has 2 heterocycles. The molecule has 0 radical (unpaired) electrons. The van der Waals surface area contributed by atoms with E-state index in [2.05, 4.69) is 5.32 Å². The second-order valence-electron chi connectivity index (χ2n) is 7.83. The van der Waals surface area contributed by atoms with E-state index in [0.717, 1.165) is 0 Å². The maximum absolute atomic E-state index is 13.9. The van der Waals surface area contributed by atoms with E-state index in [1.54, 1.807) is 38.5 Å². The van der Waals surface area contributed by atoms with Crippen LogP contribution in [0.2, 0.25) is 0 Å². The highest BCUT2D eigenvalue weighted by atomic mass is 32.2. The van der Waals surface area contributed by atoms with Gasteiger partial charge in [0.1, 0.15) is 16.3 Å². The number of nitrogens with zero attached hydrogens (tertiary/aromatic N) is 2. The minimum absolute atomic E-state index is 0.0183. The van der Waals surface area contributed by atoms with Crippen molar-refractivity contribution in [3.05, 3.63) is 47.0 Å². The number of para-hydroxylation sites is 1. The highest BCUT2D eigenvalue weighted by molar-refractivity contribution is 7.89. The molecule has 1 aromatic carbocycles. The summed E-state index contributed by atoms with van der Waals surface area (Å²) in [4.78, 5) is 25.2. The normalized spacial score (nSPS) is 17.2. The van der Waals surface area contributed by atoms with Crippen LogP contribution < -0.4 is 5.32 Å². The molecule has 1 aromatic heterocycles. The summed E-state index contributed by atoms with van der Waals surface area (Å²) < 4.78 is 49.1. The Hall–Kier alpha value is -2.72. The quantitative estimate of drug-likeness (QED) is 0.662. The van der Waals surface area contributed by atoms with E-state index in [1.807, 2.05) is 0 Å². The number of esters is 1. The van der Waals surface area contributed by atoms with Crippen molar-refractivity contribution in [1.29, 1.82) is 0 Å². The second-order valence-corrected chi connectivity index (χ2v) is 9.70. The number of nitrogens with one attached hydrogen (secondary N) is 1. The molecule has 1 amide bonds. The Bertz CT molecular complexity index is 1140. The van der Waals surface area contributed by atoms with Crippen molar-refractivity contribution in [2.45, 2.75) is 38.5 Å². The number of benzene rings is 1. The zero-order valence-corrected chi connectivity index (χ0v) is 19.5. The molecule has 10 heteroatoms. The second kappa shape index (κ2) is 9.41. The van der Waals surface area contributed by atoms with E-state index in [-0.39, 0.29) is 35.8 Å². The van der Waals surface area contributed by atoms with Crippen LogP contribution in [0.4, 0.5) is 10.1 Å². The third-order valence-corrected chi connectivity index (χ3v) is 7.91. The molecule has 1 saturated heterocycles. The van der Waals surface area contributed by atoms with E-state index in [9.17, 15) is 22.4 Å². The Kier molecular flexibility index (Phi) is 7.04. The van der Waals surface area contributed by atoms with E-state index in [4.69, 9.17) is 4.74 Å². The van der Waals surface area contributed by atoms with Gasteiger partial charge >= 0.3 is 5.97 Å². The predicted molar refractivity (Wildman–Crippen MR) is 117 cm³/mol. The molecule has 1 aliphatic rings. The van der Waals surface area contributed by atoms with Gasteiger partial charge in [-0.2, -0.15) is 4.31 Å². The van der Waals surface area contributed by atoms with Crippen LogP contribution in [0.5, 0.6) is 0 Å². The fraction of sp³-hybridized carbons (Fsp3) is 0.455. The summed E-state index contributed by atoms with van der Waals surface area (Å²) in [5, 5.41) is 2.55. The lowest BCUT2D eigenvalue weighted by atomic mass is 9.98. The fourth-order valence-corrected chi connectivity index (χ4v) is 5.98. The average molecular weight is 466 g/mol. The lowest BCUT2D eigenvalue weighted by molar-refractivity contribution is -0.120. The summed E-state index contributed by atoms with van der Waals surface area (Å²) >= 11 is 0. The molecule has 0 spiro atoms. The first-order valence-electron chi connectivity index (χ1n) is 10.5. The van der Waals surface area contributed by atoms with Gasteiger partial charge in [0.15, 0.2) is 0 Å². The Morgan fingerprint density at radius 2 is 1.91 bits per heavy atom. The van der Waals surface area contributed by atoms with Crippen LogP contribution in [-0.2, 0) is 26.6 Å². The molecule has 3 rings (SSSR count). The molecular weight excluding hydrogens is 437 g/mol. The summed E-state index contributed by atoms with van der Waals surface area (Å²) in [6.45, 7) is 5.24. The van der Waals surface area contributed by atoms with Crippen LogP contribution in [-0.4, -0.2) is 48.9 Å². The number of rotatable bonds is 6. The van der Waals surface area contributed by atoms with Crippen molar-refractivity contribution in [3.63, 3.8) is 0 Å². The Labute approximate surface area is 187 Å². The van der Waals surface area contributed by atoms with Gasteiger partial charge in [-0.3, -0.25) is 4.79 Å². The number of sulfonamides is 1. The summed E-state index contributed by atoms with van der Waals surface area (Å²) in [6, 6.07) is 5.82. The molecule has 0 aliphatic carbocycles. The number of carbonyl (C=O) groups is 2. The van der Waals surface area contributed by atoms with E-state index in [1.165, 1.54) is 22.5 Å². The fourth-order valence-electron chi connectivity index (χ4n) is 3.98. The van der Waals surface area contributed by atoms with Crippen molar-refractivity contribution >= 4 is 27.6 Å². The number of ether oxygens (including phenoxy) is 1. The molecule has 1 fully saturated rings. The Morgan fingerprint density at radius 3 is 2.56 bits per heavy atom. The van der Waals surface area contributed by atoms with Gasteiger partial charge < -0.3 is 14.6 Å². The maximum atomic E-state index is 13.9. The number of piperidine rings is 1. The first-order chi connectivity index (χ1) is 15.1. The van der Waals surface area contributed by atoms with Crippen LogP contribution >= 0.6 is 0 Å². The largest absolute Gasteiger partial charge is 0.462 e. The molecule has 1 atom stereocenters. The average Bonchev–Trinajstić information content (AvgIpc) is 3.00. The predicted octanol–water partition coefficient (Wildman–Crippen LogP) is 3.00. The zero-order chi connectivity index (χ0) is 23.6. The van der Waals surface area contributed by atoms with Gasteiger partial charge in [0, 0.05) is 31.5 Å². The first kappa shape index (κ1) is 23.9. The number of hydrogen-bond acceptors (Lipinski definition) is 5. The monoisotopic (exact) mass is 465 g/mol. The molecule has 0 bridgehead atoms. The number of anilines is 1. The Balaban J connectivity index is 1.90. The van der Waals surface area contributed by atoms with Crippen LogP contribution in [0, 0.1) is 25.6 Å². The van der Waals surface area contributed by atoms with E-state index in [0.29, 0.717) is 24.2 Å².